The number of fused-ring (bicyclic) bond motifs is 3. The van der Waals surface area contributed by atoms with Gasteiger partial charge in [-0.1, -0.05) is 0 Å². The Kier molecular flexibility index (Phi) is 5.73. The van der Waals surface area contributed by atoms with E-state index in [0.717, 1.165) is 44.2 Å². The molecule has 34 heavy (non-hydrogen) atoms. The first-order valence-electron chi connectivity index (χ1n) is 11.6. The fourth-order valence-corrected chi connectivity index (χ4v) is 6.63. The number of benzene rings is 1. The summed E-state index contributed by atoms with van der Waals surface area (Å²) >= 11 is 0. The van der Waals surface area contributed by atoms with Gasteiger partial charge in [0.25, 0.3) is 0 Å². The maximum Gasteiger partial charge on any atom is 0.355 e. The fraction of sp³-hybridized carbons (Fsp3) is 0.522. The lowest BCUT2D eigenvalue weighted by molar-refractivity contribution is 0.117. The number of carbonyl (C=O) groups excluding carboxylic acids is 1. The first-order chi connectivity index (χ1) is 16.3. The Hall–Kier alpha value is -3.10. The average molecular weight is 484 g/mol. The molecule has 2 amide bonds. The number of ether oxygens (including phenoxy) is 1. The van der Waals surface area contributed by atoms with Gasteiger partial charge in [0.2, 0.25) is 5.88 Å². The minimum Gasteiger partial charge on any atom is -0.475 e. The van der Waals surface area contributed by atoms with Gasteiger partial charge in [-0.25, -0.2) is 18.4 Å². The number of anilines is 1. The van der Waals surface area contributed by atoms with Crippen LogP contribution in [-0.4, -0.2) is 51.7 Å². The van der Waals surface area contributed by atoms with Crippen LogP contribution >= 0.6 is 0 Å². The highest BCUT2D eigenvalue weighted by Crippen LogP contribution is 2.41. The molecule has 1 unspecified atom stereocenters. The fourth-order valence-electron chi connectivity index (χ4n) is 5.38. The van der Waals surface area contributed by atoms with Crippen LogP contribution in [0.2, 0.25) is 0 Å². The highest BCUT2D eigenvalue weighted by atomic mass is 32.2. The minimum absolute atomic E-state index is 0.0979. The van der Waals surface area contributed by atoms with Crippen LogP contribution in [0.25, 0.3) is 0 Å². The second kappa shape index (κ2) is 8.60. The van der Waals surface area contributed by atoms with Crippen molar-refractivity contribution in [3.63, 3.8) is 0 Å². The first kappa shape index (κ1) is 22.7. The van der Waals surface area contributed by atoms with Crippen LogP contribution in [0.15, 0.2) is 15.5 Å². The lowest BCUT2D eigenvalue weighted by Crippen LogP contribution is -2.41. The number of amides is 2. The van der Waals surface area contributed by atoms with Crippen molar-refractivity contribution in [3.05, 3.63) is 34.0 Å². The van der Waals surface area contributed by atoms with E-state index in [9.17, 15) is 14.3 Å². The van der Waals surface area contributed by atoms with Crippen molar-refractivity contribution in [3.8, 4) is 12.1 Å². The Balaban J connectivity index is 1.51. The quantitative estimate of drug-likeness (QED) is 0.509. The zero-order chi connectivity index (χ0) is 24.0. The lowest BCUT2D eigenvalue weighted by Gasteiger charge is -2.29. The van der Waals surface area contributed by atoms with Crippen LogP contribution in [0.4, 0.5) is 10.5 Å². The summed E-state index contributed by atoms with van der Waals surface area (Å²) in [4.78, 5) is 15.2. The summed E-state index contributed by atoms with van der Waals surface area (Å²) in [6.07, 6.45) is 8.99. The predicted octanol–water partition coefficient (Wildman–Crippen LogP) is 2.54. The van der Waals surface area contributed by atoms with E-state index in [2.05, 4.69) is 26.4 Å². The van der Waals surface area contributed by atoms with E-state index in [1.807, 2.05) is 19.0 Å². The predicted molar refractivity (Wildman–Crippen MR) is 127 cm³/mol. The molecular weight excluding hydrogens is 454 g/mol. The Bertz CT molecular complexity index is 1300. The number of rotatable bonds is 4. The van der Waals surface area contributed by atoms with Gasteiger partial charge in [-0.05, 0) is 87.4 Å². The molecule has 2 aromatic rings. The Morgan fingerprint density at radius 3 is 2.50 bits per heavy atom. The Labute approximate surface area is 199 Å². The zero-order valence-corrected chi connectivity index (χ0v) is 20.5. The van der Waals surface area contributed by atoms with Crippen molar-refractivity contribution in [2.75, 3.05) is 26.0 Å². The van der Waals surface area contributed by atoms with Crippen LogP contribution < -0.4 is 14.8 Å². The van der Waals surface area contributed by atoms with Crippen molar-refractivity contribution >= 4 is 21.6 Å². The third kappa shape index (κ3) is 3.71. The number of nitriles is 1. The molecule has 0 saturated carbocycles. The summed E-state index contributed by atoms with van der Waals surface area (Å²) in [7, 11) is 0.264. The monoisotopic (exact) mass is 483 g/mol. The Morgan fingerprint density at radius 1 is 1.24 bits per heavy atom. The number of carbonyl (C=O) groups is 1. The molecule has 1 aliphatic heterocycles. The van der Waals surface area contributed by atoms with E-state index < -0.39 is 15.9 Å². The SMILES string of the molecule is Cc1c2c(c(NC(=O)N=S(=O)(NC#N)c3cnn4c3OC[C@@H](N(C)C)C4)c3c1CCC3)CCC2. The number of likely N-dealkylation sites (N-methyl/N-ethyl adjacent to an activating group) is 1. The van der Waals surface area contributed by atoms with Crippen molar-refractivity contribution in [1.29, 1.82) is 5.26 Å². The molecular formula is C23H29N7O3S. The zero-order valence-electron chi connectivity index (χ0n) is 19.7. The van der Waals surface area contributed by atoms with Gasteiger partial charge in [-0.3, -0.25) is 0 Å². The van der Waals surface area contributed by atoms with E-state index in [0.29, 0.717) is 13.2 Å². The molecule has 1 aromatic heterocycles. The summed E-state index contributed by atoms with van der Waals surface area (Å²) in [6, 6.07) is -0.645. The van der Waals surface area contributed by atoms with Crippen LogP contribution in [0.3, 0.4) is 0 Å². The van der Waals surface area contributed by atoms with Crippen LogP contribution in [0, 0.1) is 18.4 Å². The number of hydrogen-bond donors (Lipinski definition) is 2. The highest BCUT2D eigenvalue weighted by molar-refractivity contribution is 7.92. The van der Waals surface area contributed by atoms with Crippen LogP contribution in [-0.2, 0) is 42.1 Å². The van der Waals surface area contributed by atoms with Gasteiger partial charge in [0.1, 0.15) is 6.61 Å². The number of nitrogens with one attached hydrogen (secondary N) is 2. The summed E-state index contributed by atoms with van der Waals surface area (Å²) in [5.41, 5.74) is 7.15. The normalized spacial score (nSPS) is 19.9. The highest BCUT2D eigenvalue weighted by Gasteiger charge is 2.31. The molecule has 3 aliphatic rings. The lowest BCUT2D eigenvalue weighted by atomic mass is 9.93. The number of nitrogens with zero attached hydrogens (tertiary/aromatic N) is 5. The van der Waals surface area contributed by atoms with E-state index in [-0.39, 0.29) is 16.8 Å². The number of hydrogen-bond acceptors (Lipinski definition) is 6. The maximum atomic E-state index is 13.8. The largest absolute Gasteiger partial charge is 0.475 e. The topological polar surface area (TPSA) is 125 Å². The molecule has 11 heteroatoms. The van der Waals surface area contributed by atoms with Crippen LogP contribution in [0.1, 0.15) is 40.7 Å². The number of aromatic nitrogens is 2. The molecule has 0 radical (unpaired) electrons. The second-order valence-electron chi connectivity index (χ2n) is 9.31. The third-order valence-corrected chi connectivity index (χ3v) is 8.82. The van der Waals surface area contributed by atoms with Gasteiger partial charge in [0, 0.05) is 5.69 Å². The van der Waals surface area contributed by atoms with Gasteiger partial charge >= 0.3 is 6.03 Å². The molecule has 0 saturated heterocycles. The smallest absolute Gasteiger partial charge is 0.355 e. The Morgan fingerprint density at radius 2 is 1.88 bits per heavy atom. The molecule has 0 fully saturated rings. The molecule has 10 nitrogen and oxygen atoms in total. The standard InChI is InChI=1S/C23H29N7O3S/c1-14-16-6-4-8-18(16)21(19-9-5-7-17(14)19)27-23(31)28-34(32,26-13-24)20-10-25-30-11-15(29(2)3)12-33-22(20)30/h10,15H,4-9,11-12H2,1-3H3,(H2,26,27,28,31,32)/t15-,34?/m0/s1. The summed E-state index contributed by atoms with van der Waals surface area (Å²) < 4.78 is 27.4. The van der Waals surface area contributed by atoms with Crippen molar-refractivity contribution in [1.82, 2.24) is 19.4 Å². The molecule has 2 aliphatic carbocycles. The summed E-state index contributed by atoms with van der Waals surface area (Å²) in [5.74, 6) is 0.263. The molecule has 0 bridgehead atoms. The van der Waals surface area contributed by atoms with Gasteiger partial charge in [-0.15, -0.1) is 4.36 Å². The van der Waals surface area contributed by atoms with Crippen molar-refractivity contribution < 1.29 is 13.7 Å². The summed E-state index contributed by atoms with van der Waals surface area (Å²) in [5, 5.41) is 16.5. The number of urea groups is 1. The second-order valence-corrected chi connectivity index (χ2v) is 11.2. The molecule has 2 heterocycles. The van der Waals surface area contributed by atoms with E-state index in [1.54, 1.807) is 10.9 Å². The first-order valence-corrected chi connectivity index (χ1v) is 13.1. The molecule has 1 aromatic carbocycles. The summed E-state index contributed by atoms with van der Waals surface area (Å²) in [6.45, 7) is 3.10. The minimum atomic E-state index is -3.63. The van der Waals surface area contributed by atoms with E-state index in [1.165, 1.54) is 34.0 Å². The van der Waals surface area contributed by atoms with Crippen molar-refractivity contribution in [2.24, 2.45) is 4.36 Å². The molecule has 5 rings (SSSR count). The van der Waals surface area contributed by atoms with Gasteiger partial charge in [-0.2, -0.15) is 10.4 Å². The van der Waals surface area contributed by atoms with Gasteiger partial charge < -0.3 is 15.0 Å². The van der Waals surface area contributed by atoms with E-state index in [4.69, 9.17) is 4.74 Å². The van der Waals surface area contributed by atoms with Crippen molar-refractivity contribution in [2.45, 2.75) is 62.9 Å². The molecule has 0 spiro atoms. The molecule has 180 valence electrons. The average Bonchev–Trinajstić information content (AvgIpc) is 3.55. The molecule has 2 N–H and O–H groups in total. The third-order valence-electron chi connectivity index (χ3n) is 7.16. The molecule has 2 atom stereocenters. The maximum absolute atomic E-state index is 13.8. The van der Waals surface area contributed by atoms with E-state index >= 15 is 0 Å². The van der Waals surface area contributed by atoms with Gasteiger partial charge in [0.15, 0.2) is 21.0 Å². The van der Waals surface area contributed by atoms with Crippen LogP contribution in [0.5, 0.6) is 5.88 Å². The van der Waals surface area contributed by atoms with Gasteiger partial charge in [0.05, 0.1) is 18.8 Å².